The fraction of sp³-hybridized carbons (Fsp3) is 0. The average Bonchev–Trinajstić information content (AvgIpc) is 2.40. The van der Waals surface area contributed by atoms with Gasteiger partial charge in [0.1, 0.15) is 11.5 Å². The molecule has 5 heteroatoms. The Morgan fingerprint density at radius 1 is 0.895 bits per heavy atom. The summed E-state index contributed by atoms with van der Waals surface area (Å²) in [6.07, 6.45) is 0. The lowest BCUT2D eigenvalue weighted by atomic mass is 9.83. The minimum Gasteiger partial charge on any atom is -0.507 e. The van der Waals surface area contributed by atoms with Crippen molar-refractivity contribution in [1.82, 2.24) is 0 Å². The van der Waals surface area contributed by atoms with E-state index in [9.17, 15) is 19.8 Å². The molecule has 0 saturated heterocycles. The topological polar surface area (TPSA) is 74.6 Å². The van der Waals surface area contributed by atoms with Crippen LogP contribution in [0, 0.1) is 0 Å². The van der Waals surface area contributed by atoms with Crippen LogP contribution in [-0.2, 0) is 0 Å². The van der Waals surface area contributed by atoms with E-state index in [0.29, 0.717) is 0 Å². The summed E-state index contributed by atoms with van der Waals surface area (Å²) in [6, 6.07) is 7.45. The highest BCUT2D eigenvalue weighted by Crippen LogP contribution is 2.40. The predicted octanol–water partition coefficient (Wildman–Crippen LogP) is 2.16. The Labute approximate surface area is 113 Å². The van der Waals surface area contributed by atoms with Crippen LogP contribution in [0.25, 0.3) is 0 Å². The normalized spacial score (nSPS) is 13.1. The molecule has 0 spiro atoms. The molecule has 0 fully saturated rings. The van der Waals surface area contributed by atoms with Gasteiger partial charge in [-0.1, -0.05) is 24.3 Å². The van der Waals surface area contributed by atoms with E-state index in [2.05, 4.69) is 12.6 Å². The standard InChI is InChI=1S/C14H8O4S/c15-8-5-9(19)14(18)11-10(8)12(16)6-3-1-2-4-7(6)13(11)17/h1-5,15,18-19H. The lowest BCUT2D eigenvalue weighted by Crippen LogP contribution is -2.21. The number of benzene rings is 2. The summed E-state index contributed by atoms with van der Waals surface area (Å²) >= 11 is 3.97. The monoisotopic (exact) mass is 272 g/mol. The second-order valence-electron chi connectivity index (χ2n) is 4.22. The number of fused-ring (bicyclic) bond motifs is 2. The average molecular weight is 272 g/mol. The van der Waals surface area contributed by atoms with Gasteiger partial charge >= 0.3 is 0 Å². The summed E-state index contributed by atoms with van der Waals surface area (Å²) in [5, 5.41) is 19.8. The number of ketones is 2. The van der Waals surface area contributed by atoms with Crippen LogP contribution in [0.15, 0.2) is 35.2 Å². The molecule has 1 aliphatic carbocycles. The van der Waals surface area contributed by atoms with Gasteiger partial charge in [0.15, 0.2) is 11.6 Å². The van der Waals surface area contributed by atoms with Gasteiger partial charge in [-0.3, -0.25) is 9.59 Å². The molecule has 0 unspecified atom stereocenters. The Bertz CT molecular complexity index is 749. The molecular formula is C14H8O4S. The summed E-state index contributed by atoms with van der Waals surface area (Å²) in [5.41, 5.74) is 0.0861. The Balaban J connectivity index is 2.43. The van der Waals surface area contributed by atoms with Gasteiger partial charge in [0, 0.05) is 11.1 Å². The van der Waals surface area contributed by atoms with Crippen molar-refractivity contribution in [2.45, 2.75) is 4.90 Å². The largest absolute Gasteiger partial charge is 0.507 e. The molecule has 2 aromatic carbocycles. The molecule has 0 aliphatic heterocycles. The van der Waals surface area contributed by atoms with E-state index in [1.165, 1.54) is 12.1 Å². The van der Waals surface area contributed by atoms with Gasteiger partial charge in [-0.25, -0.2) is 0 Å². The van der Waals surface area contributed by atoms with Crippen molar-refractivity contribution in [1.29, 1.82) is 0 Å². The zero-order valence-corrected chi connectivity index (χ0v) is 10.4. The number of thiol groups is 1. The van der Waals surface area contributed by atoms with E-state index < -0.39 is 11.6 Å². The second-order valence-corrected chi connectivity index (χ2v) is 4.70. The Morgan fingerprint density at radius 3 is 2.00 bits per heavy atom. The van der Waals surface area contributed by atoms with Crippen LogP contribution in [0.2, 0.25) is 0 Å². The first kappa shape index (κ1) is 11.8. The third-order valence-corrected chi connectivity index (χ3v) is 3.47. The van der Waals surface area contributed by atoms with Crippen LogP contribution in [-0.4, -0.2) is 21.8 Å². The number of phenolic OH excluding ortho intramolecular Hbond substituents is 2. The molecule has 0 saturated carbocycles. The van der Waals surface area contributed by atoms with Gasteiger partial charge in [0.05, 0.1) is 16.0 Å². The number of hydrogen-bond acceptors (Lipinski definition) is 5. The molecule has 19 heavy (non-hydrogen) atoms. The first-order chi connectivity index (χ1) is 9.02. The molecule has 2 aromatic rings. The third-order valence-electron chi connectivity index (χ3n) is 3.13. The third kappa shape index (κ3) is 1.48. The van der Waals surface area contributed by atoms with Gasteiger partial charge in [-0.15, -0.1) is 12.6 Å². The van der Waals surface area contributed by atoms with Gasteiger partial charge < -0.3 is 10.2 Å². The van der Waals surface area contributed by atoms with E-state index in [1.807, 2.05) is 0 Å². The number of carbonyl (C=O) groups is 2. The maximum atomic E-state index is 12.3. The zero-order chi connectivity index (χ0) is 13.7. The fourth-order valence-electron chi connectivity index (χ4n) is 2.24. The van der Waals surface area contributed by atoms with Gasteiger partial charge in [0.2, 0.25) is 0 Å². The molecule has 0 heterocycles. The second kappa shape index (κ2) is 3.86. The van der Waals surface area contributed by atoms with Crippen LogP contribution >= 0.6 is 12.6 Å². The van der Waals surface area contributed by atoms with Crippen LogP contribution in [0.3, 0.4) is 0 Å². The summed E-state index contributed by atoms with van der Waals surface area (Å²) in [5.74, 6) is -1.71. The maximum Gasteiger partial charge on any atom is 0.198 e. The van der Waals surface area contributed by atoms with Crippen LogP contribution < -0.4 is 0 Å². The molecule has 0 aromatic heterocycles. The quantitative estimate of drug-likeness (QED) is 0.433. The lowest BCUT2D eigenvalue weighted by molar-refractivity contribution is 0.0973. The minimum absolute atomic E-state index is 0.0526. The van der Waals surface area contributed by atoms with Crippen molar-refractivity contribution in [2.24, 2.45) is 0 Å². The number of phenols is 2. The van der Waals surface area contributed by atoms with Crippen molar-refractivity contribution in [3.8, 4) is 11.5 Å². The first-order valence-electron chi connectivity index (χ1n) is 5.48. The Hall–Kier alpha value is -2.27. The van der Waals surface area contributed by atoms with Crippen LogP contribution in [0.4, 0.5) is 0 Å². The molecule has 4 nitrogen and oxygen atoms in total. The van der Waals surface area contributed by atoms with Crippen LogP contribution in [0.1, 0.15) is 31.8 Å². The van der Waals surface area contributed by atoms with Crippen LogP contribution in [0.5, 0.6) is 11.5 Å². The zero-order valence-electron chi connectivity index (χ0n) is 9.54. The number of aromatic hydroxyl groups is 2. The van der Waals surface area contributed by atoms with Gasteiger partial charge in [-0.2, -0.15) is 0 Å². The lowest BCUT2D eigenvalue weighted by Gasteiger charge is -2.19. The Morgan fingerprint density at radius 2 is 1.42 bits per heavy atom. The number of hydrogen-bond donors (Lipinski definition) is 3. The molecule has 3 rings (SSSR count). The first-order valence-corrected chi connectivity index (χ1v) is 5.93. The molecule has 0 amide bonds. The molecule has 1 aliphatic rings. The summed E-state index contributed by atoms with van der Waals surface area (Å²) < 4.78 is 0. The fourth-order valence-corrected chi connectivity index (χ4v) is 2.48. The smallest absolute Gasteiger partial charge is 0.198 e. The molecule has 0 radical (unpaired) electrons. The molecule has 0 atom stereocenters. The molecular weight excluding hydrogens is 264 g/mol. The summed E-state index contributed by atoms with van der Waals surface area (Å²) in [6.45, 7) is 0. The van der Waals surface area contributed by atoms with E-state index in [-0.39, 0.29) is 38.6 Å². The predicted molar refractivity (Wildman–Crippen MR) is 70.3 cm³/mol. The van der Waals surface area contributed by atoms with Gasteiger partial charge in [0.25, 0.3) is 0 Å². The van der Waals surface area contributed by atoms with Crippen molar-refractivity contribution >= 4 is 24.2 Å². The van der Waals surface area contributed by atoms with E-state index in [1.54, 1.807) is 12.1 Å². The number of carbonyl (C=O) groups excluding carboxylic acids is 2. The minimum atomic E-state index is -0.492. The highest BCUT2D eigenvalue weighted by Gasteiger charge is 2.34. The van der Waals surface area contributed by atoms with Crippen molar-refractivity contribution in [2.75, 3.05) is 0 Å². The highest BCUT2D eigenvalue weighted by atomic mass is 32.1. The van der Waals surface area contributed by atoms with E-state index in [4.69, 9.17) is 0 Å². The molecule has 0 bridgehead atoms. The Kier molecular flexibility index (Phi) is 2.40. The summed E-state index contributed by atoms with van der Waals surface area (Å²) in [7, 11) is 0. The maximum absolute atomic E-state index is 12.3. The van der Waals surface area contributed by atoms with Gasteiger partial charge in [-0.05, 0) is 6.07 Å². The SMILES string of the molecule is O=C1c2ccccc2C(=O)c2c(O)c(S)cc(O)c21. The van der Waals surface area contributed by atoms with Crippen molar-refractivity contribution in [3.63, 3.8) is 0 Å². The van der Waals surface area contributed by atoms with E-state index >= 15 is 0 Å². The molecule has 2 N–H and O–H groups in total. The van der Waals surface area contributed by atoms with E-state index in [0.717, 1.165) is 6.07 Å². The van der Waals surface area contributed by atoms with Crippen molar-refractivity contribution < 1.29 is 19.8 Å². The molecule has 94 valence electrons. The number of rotatable bonds is 0. The summed E-state index contributed by atoms with van der Waals surface area (Å²) in [4.78, 5) is 24.7. The van der Waals surface area contributed by atoms with Crippen molar-refractivity contribution in [3.05, 3.63) is 52.6 Å². The highest BCUT2D eigenvalue weighted by molar-refractivity contribution is 7.80.